The number of hydrogen-bond acceptors (Lipinski definition) is 4. The monoisotopic (exact) mass is 360 g/mol. The average Bonchev–Trinajstić information content (AvgIpc) is 2.70. The van der Waals surface area contributed by atoms with Gasteiger partial charge in [0.1, 0.15) is 5.75 Å². The highest BCUT2D eigenvalue weighted by atomic mass is 16.3. The molecule has 3 aromatic carbocycles. The van der Waals surface area contributed by atoms with Crippen molar-refractivity contribution in [3.63, 3.8) is 0 Å². The molecule has 6 heteroatoms. The first-order valence-electron chi connectivity index (χ1n) is 8.47. The molecular formula is C21H20N4O2. The Labute approximate surface area is 157 Å². The SMILES string of the molecule is CN(Cc1ccccc1O)C(=O)Nc1ccc(N=Nc2ccccc2)cc1. The second-order valence-electron chi connectivity index (χ2n) is 6.00. The van der Waals surface area contributed by atoms with Crippen LogP contribution in [0.3, 0.4) is 0 Å². The number of phenolic OH excluding ortho intramolecular Hbond substituents is 1. The van der Waals surface area contributed by atoms with Crippen molar-refractivity contribution in [2.24, 2.45) is 10.2 Å². The smallest absolute Gasteiger partial charge is 0.321 e. The van der Waals surface area contributed by atoms with Gasteiger partial charge in [0.15, 0.2) is 0 Å². The summed E-state index contributed by atoms with van der Waals surface area (Å²) in [6, 6.07) is 23.3. The molecule has 0 aliphatic rings. The van der Waals surface area contributed by atoms with Crippen LogP contribution in [0.2, 0.25) is 0 Å². The lowest BCUT2D eigenvalue weighted by molar-refractivity contribution is 0.220. The molecule has 136 valence electrons. The third-order valence-corrected chi connectivity index (χ3v) is 3.90. The summed E-state index contributed by atoms with van der Waals surface area (Å²) >= 11 is 0. The summed E-state index contributed by atoms with van der Waals surface area (Å²) in [6.45, 7) is 0.307. The molecule has 0 atom stereocenters. The number of nitrogens with one attached hydrogen (secondary N) is 1. The fourth-order valence-electron chi connectivity index (χ4n) is 2.41. The summed E-state index contributed by atoms with van der Waals surface area (Å²) in [7, 11) is 1.67. The highest BCUT2D eigenvalue weighted by Gasteiger charge is 2.11. The van der Waals surface area contributed by atoms with E-state index >= 15 is 0 Å². The molecule has 0 aliphatic carbocycles. The maximum absolute atomic E-state index is 12.3. The third-order valence-electron chi connectivity index (χ3n) is 3.90. The number of carbonyl (C=O) groups excluding carboxylic acids is 1. The largest absolute Gasteiger partial charge is 0.508 e. The van der Waals surface area contributed by atoms with Crippen molar-refractivity contribution >= 4 is 23.1 Å². The molecule has 0 saturated heterocycles. The molecule has 3 aromatic rings. The number of phenols is 1. The lowest BCUT2D eigenvalue weighted by atomic mass is 10.2. The number of carbonyl (C=O) groups is 1. The first-order valence-corrected chi connectivity index (χ1v) is 8.47. The van der Waals surface area contributed by atoms with E-state index in [0.29, 0.717) is 23.5 Å². The van der Waals surface area contributed by atoms with Gasteiger partial charge in [-0.2, -0.15) is 10.2 Å². The Morgan fingerprint density at radius 3 is 2.15 bits per heavy atom. The predicted octanol–water partition coefficient (Wildman–Crippen LogP) is 5.47. The van der Waals surface area contributed by atoms with Gasteiger partial charge in [0.05, 0.1) is 17.9 Å². The van der Waals surface area contributed by atoms with Gasteiger partial charge in [0.2, 0.25) is 0 Å². The van der Waals surface area contributed by atoms with Crippen molar-refractivity contribution in [1.82, 2.24) is 4.90 Å². The fraction of sp³-hybridized carbons (Fsp3) is 0.0952. The Morgan fingerprint density at radius 2 is 1.48 bits per heavy atom. The van der Waals surface area contributed by atoms with E-state index in [2.05, 4.69) is 15.5 Å². The maximum atomic E-state index is 12.3. The Bertz CT molecular complexity index is 924. The number of hydrogen-bond donors (Lipinski definition) is 2. The van der Waals surface area contributed by atoms with Crippen molar-refractivity contribution in [3.05, 3.63) is 84.4 Å². The molecule has 0 aliphatic heterocycles. The molecule has 0 bridgehead atoms. The lowest BCUT2D eigenvalue weighted by Gasteiger charge is -2.18. The van der Waals surface area contributed by atoms with Gasteiger partial charge in [-0.3, -0.25) is 0 Å². The molecule has 0 heterocycles. The first-order chi connectivity index (χ1) is 13.1. The number of rotatable bonds is 5. The minimum Gasteiger partial charge on any atom is -0.508 e. The minimum atomic E-state index is -0.267. The quantitative estimate of drug-likeness (QED) is 0.592. The molecule has 27 heavy (non-hydrogen) atoms. The molecule has 0 fully saturated rings. The van der Waals surface area contributed by atoms with E-state index in [1.54, 1.807) is 49.5 Å². The molecule has 0 aromatic heterocycles. The number of aromatic hydroxyl groups is 1. The van der Waals surface area contributed by atoms with Gasteiger partial charge < -0.3 is 15.3 Å². The van der Waals surface area contributed by atoms with Crippen molar-refractivity contribution < 1.29 is 9.90 Å². The number of benzene rings is 3. The standard InChI is InChI=1S/C21H20N4O2/c1-25(15-16-7-5-6-10-20(16)26)21(27)22-17-11-13-19(14-12-17)24-23-18-8-3-2-4-9-18/h2-14,26H,15H2,1H3,(H,22,27). The first kappa shape index (κ1) is 18.1. The number of para-hydroxylation sites is 1. The van der Waals surface area contributed by atoms with Crippen LogP contribution < -0.4 is 5.32 Å². The van der Waals surface area contributed by atoms with Crippen LogP contribution in [0, 0.1) is 0 Å². The van der Waals surface area contributed by atoms with E-state index in [9.17, 15) is 9.90 Å². The van der Waals surface area contributed by atoms with E-state index in [4.69, 9.17) is 0 Å². The highest BCUT2D eigenvalue weighted by molar-refractivity contribution is 5.89. The van der Waals surface area contributed by atoms with Crippen molar-refractivity contribution in [2.75, 3.05) is 12.4 Å². The molecule has 0 saturated carbocycles. The van der Waals surface area contributed by atoms with Crippen LogP contribution in [0.25, 0.3) is 0 Å². The van der Waals surface area contributed by atoms with Crippen LogP contribution in [0.4, 0.5) is 21.9 Å². The van der Waals surface area contributed by atoms with Gasteiger partial charge >= 0.3 is 6.03 Å². The Balaban J connectivity index is 1.58. The Kier molecular flexibility index (Phi) is 5.79. The normalized spacial score (nSPS) is 10.7. The summed E-state index contributed by atoms with van der Waals surface area (Å²) < 4.78 is 0. The van der Waals surface area contributed by atoms with Gasteiger partial charge in [-0.05, 0) is 42.5 Å². The zero-order valence-electron chi connectivity index (χ0n) is 14.9. The molecule has 3 rings (SSSR count). The Hall–Kier alpha value is -3.67. The second kappa shape index (κ2) is 8.62. The van der Waals surface area contributed by atoms with Crippen LogP contribution in [0.5, 0.6) is 5.75 Å². The molecule has 0 unspecified atom stereocenters. The van der Waals surface area contributed by atoms with Crippen LogP contribution in [-0.4, -0.2) is 23.1 Å². The maximum Gasteiger partial charge on any atom is 0.321 e. The third kappa shape index (κ3) is 5.15. The van der Waals surface area contributed by atoms with Gasteiger partial charge in [-0.1, -0.05) is 36.4 Å². The van der Waals surface area contributed by atoms with E-state index in [1.807, 2.05) is 36.4 Å². The molecule has 6 nitrogen and oxygen atoms in total. The molecule has 2 N–H and O–H groups in total. The van der Waals surface area contributed by atoms with E-state index in [0.717, 1.165) is 5.69 Å². The van der Waals surface area contributed by atoms with E-state index in [1.165, 1.54) is 4.90 Å². The lowest BCUT2D eigenvalue weighted by Crippen LogP contribution is -2.30. The molecule has 0 radical (unpaired) electrons. The van der Waals surface area contributed by atoms with Gasteiger partial charge in [-0.15, -0.1) is 0 Å². The van der Waals surface area contributed by atoms with Gasteiger partial charge in [0.25, 0.3) is 0 Å². The number of azo groups is 1. The van der Waals surface area contributed by atoms with E-state index in [-0.39, 0.29) is 11.8 Å². The molecular weight excluding hydrogens is 340 g/mol. The fourth-order valence-corrected chi connectivity index (χ4v) is 2.41. The van der Waals surface area contributed by atoms with Crippen molar-refractivity contribution in [1.29, 1.82) is 0 Å². The number of amides is 2. The predicted molar refractivity (Wildman–Crippen MR) is 106 cm³/mol. The number of nitrogens with zero attached hydrogens (tertiary/aromatic N) is 3. The summed E-state index contributed by atoms with van der Waals surface area (Å²) in [5.74, 6) is 0.172. The van der Waals surface area contributed by atoms with Crippen LogP contribution >= 0.6 is 0 Å². The topological polar surface area (TPSA) is 77.3 Å². The summed E-state index contributed by atoms with van der Waals surface area (Å²) in [4.78, 5) is 13.8. The number of urea groups is 1. The minimum absolute atomic E-state index is 0.172. The van der Waals surface area contributed by atoms with Crippen molar-refractivity contribution in [2.45, 2.75) is 6.54 Å². The summed E-state index contributed by atoms with van der Waals surface area (Å²) in [5, 5.41) is 21.0. The van der Waals surface area contributed by atoms with Crippen LogP contribution in [0.15, 0.2) is 89.1 Å². The molecule has 2 amide bonds. The average molecular weight is 360 g/mol. The van der Waals surface area contributed by atoms with Crippen LogP contribution in [0.1, 0.15) is 5.56 Å². The number of anilines is 1. The second-order valence-corrected chi connectivity index (χ2v) is 6.00. The summed E-state index contributed by atoms with van der Waals surface area (Å²) in [6.07, 6.45) is 0. The molecule has 0 spiro atoms. The zero-order valence-corrected chi connectivity index (χ0v) is 14.9. The van der Waals surface area contributed by atoms with Gasteiger partial charge in [0, 0.05) is 18.3 Å². The summed E-state index contributed by atoms with van der Waals surface area (Å²) in [5.41, 5.74) is 2.81. The van der Waals surface area contributed by atoms with Crippen molar-refractivity contribution in [3.8, 4) is 5.75 Å². The zero-order chi connectivity index (χ0) is 19.1. The van der Waals surface area contributed by atoms with Gasteiger partial charge in [-0.25, -0.2) is 4.79 Å². The van der Waals surface area contributed by atoms with E-state index < -0.39 is 0 Å². The highest BCUT2D eigenvalue weighted by Crippen LogP contribution is 2.21. The Morgan fingerprint density at radius 1 is 0.889 bits per heavy atom. The van der Waals surface area contributed by atoms with Crippen LogP contribution in [-0.2, 0) is 6.54 Å².